The van der Waals surface area contributed by atoms with Crippen molar-refractivity contribution in [1.29, 1.82) is 0 Å². The van der Waals surface area contributed by atoms with Gasteiger partial charge in [0.05, 0.1) is 19.2 Å². The number of aromatic nitrogens is 1. The average molecular weight is 387 g/mol. The Hall–Kier alpha value is -3.73. The quantitative estimate of drug-likeness (QED) is 0.315. The Labute approximate surface area is 169 Å². The highest BCUT2D eigenvalue weighted by molar-refractivity contribution is 5.97. The second-order valence-corrected chi connectivity index (χ2v) is 6.26. The van der Waals surface area contributed by atoms with Crippen molar-refractivity contribution in [3.05, 3.63) is 89.7 Å². The monoisotopic (exact) mass is 387 g/mol. The Morgan fingerprint density at radius 2 is 1.69 bits per heavy atom. The maximum atomic E-state index is 12.2. The Kier molecular flexibility index (Phi) is 6.90. The van der Waals surface area contributed by atoms with Crippen LogP contribution in [0.3, 0.4) is 0 Å². The molecular formula is C24H21NO4. The number of ketones is 1. The number of pyridine rings is 1. The Balaban J connectivity index is 1.60. The van der Waals surface area contributed by atoms with Crippen molar-refractivity contribution >= 4 is 23.9 Å². The third kappa shape index (κ3) is 5.87. The summed E-state index contributed by atoms with van der Waals surface area (Å²) in [4.78, 5) is 28.5. The topological polar surface area (TPSA) is 65.5 Å². The molecule has 0 bridgehead atoms. The van der Waals surface area contributed by atoms with Crippen LogP contribution in [0.4, 0.5) is 0 Å². The summed E-state index contributed by atoms with van der Waals surface area (Å²) in [5, 5.41) is 0. The standard InChI is InChI=1S/C24H21NO4/c1-28-23-17-18(10-12-20-9-5-6-16-25-20)11-14-22(23)29-24(27)15-13-21(26)19-7-3-2-4-8-19/h2-12,14,16-17H,13,15H2,1H3/b12-10+. The molecular weight excluding hydrogens is 366 g/mol. The minimum Gasteiger partial charge on any atom is -0.493 e. The van der Waals surface area contributed by atoms with Gasteiger partial charge in [-0.2, -0.15) is 0 Å². The van der Waals surface area contributed by atoms with Crippen LogP contribution in [0.5, 0.6) is 11.5 Å². The zero-order chi connectivity index (χ0) is 20.5. The highest BCUT2D eigenvalue weighted by Crippen LogP contribution is 2.29. The van der Waals surface area contributed by atoms with Crippen molar-refractivity contribution in [2.45, 2.75) is 12.8 Å². The van der Waals surface area contributed by atoms with Crippen molar-refractivity contribution in [1.82, 2.24) is 4.98 Å². The first-order valence-corrected chi connectivity index (χ1v) is 9.22. The molecule has 0 N–H and O–H groups in total. The molecule has 0 aliphatic carbocycles. The highest BCUT2D eigenvalue weighted by atomic mass is 16.6. The molecule has 2 aromatic carbocycles. The SMILES string of the molecule is COc1cc(/C=C/c2ccccn2)ccc1OC(=O)CCC(=O)c1ccccc1. The first-order chi connectivity index (χ1) is 14.2. The lowest BCUT2D eigenvalue weighted by molar-refractivity contribution is -0.134. The number of methoxy groups -OCH3 is 1. The summed E-state index contributed by atoms with van der Waals surface area (Å²) in [5.74, 6) is 0.185. The molecule has 0 amide bonds. The number of rotatable bonds is 8. The van der Waals surface area contributed by atoms with E-state index in [1.165, 1.54) is 7.11 Å². The largest absolute Gasteiger partial charge is 0.493 e. The van der Waals surface area contributed by atoms with Gasteiger partial charge < -0.3 is 9.47 Å². The molecule has 0 aliphatic heterocycles. The minimum absolute atomic E-state index is 0.00177. The second kappa shape index (κ2) is 9.99. The number of esters is 1. The lowest BCUT2D eigenvalue weighted by Crippen LogP contribution is -2.11. The van der Waals surface area contributed by atoms with Crippen LogP contribution in [-0.4, -0.2) is 23.8 Å². The lowest BCUT2D eigenvalue weighted by atomic mass is 10.1. The van der Waals surface area contributed by atoms with E-state index in [9.17, 15) is 9.59 Å². The average Bonchev–Trinajstić information content (AvgIpc) is 2.78. The fourth-order valence-electron chi connectivity index (χ4n) is 2.69. The summed E-state index contributed by atoms with van der Waals surface area (Å²) >= 11 is 0. The Morgan fingerprint density at radius 1 is 0.897 bits per heavy atom. The van der Waals surface area contributed by atoms with Crippen molar-refractivity contribution in [3.8, 4) is 11.5 Å². The number of nitrogens with zero attached hydrogens (tertiary/aromatic N) is 1. The molecule has 5 heteroatoms. The zero-order valence-corrected chi connectivity index (χ0v) is 16.1. The molecule has 3 rings (SSSR count). The molecule has 0 aliphatic rings. The summed E-state index contributed by atoms with van der Waals surface area (Å²) in [6.45, 7) is 0. The summed E-state index contributed by atoms with van der Waals surface area (Å²) in [5.41, 5.74) is 2.30. The van der Waals surface area contributed by atoms with Crippen LogP contribution in [0.2, 0.25) is 0 Å². The van der Waals surface area contributed by atoms with Gasteiger partial charge >= 0.3 is 5.97 Å². The molecule has 5 nitrogen and oxygen atoms in total. The van der Waals surface area contributed by atoms with Crippen LogP contribution >= 0.6 is 0 Å². The van der Waals surface area contributed by atoms with Gasteiger partial charge in [0.25, 0.3) is 0 Å². The number of carbonyl (C=O) groups is 2. The molecule has 0 spiro atoms. The van der Waals surface area contributed by atoms with E-state index in [1.807, 2.05) is 42.5 Å². The first kappa shape index (κ1) is 20.0. The molecule has 29 heavy (non-hydrogen) atoms. The van der Waals surface area contributed by atoms with E-state index in [2.05, 4.69) is 4.98 Å². The number of carbonyl (C=O) groups excluding carboxylic acids is 2. The Bertz CT molecular complexity index is 998. The van der Waals surface area contributed by atoms with Gasteiger partial charge in [0.2, 0.25) is 0 Å². The number of Topliss-reactive ketones (excluding diaryl/α,β-unsaturated/α-hetero) is 1. The number of ether oxygens (including phenoxy) is 2. The number of hydrogen-bond acceptors (Lipinski definition) is 5. The highest BCUT2D eigenvalue weighted by Gasteiger charge is 2.13. The van der Waals surface area contributed by atoms with E-state index >= 15 is 0 Å². The predicted molar refractivity (Wildman–Crippen MR) is 112 cm³/mol. The normalized spacial score (nSPS) is 10.7. The van der Waals surface area contributed by atoms with E-state index in [0.29, 0.717) is 17.1 Å². The van der Waals surface area contributed by atoms with Gasteiger partial charge in [-0.05, 0) is 35.9 Å². The third-order valence-corrected chi connectivity index (χ3v) is 4.20. The minimum atomic E-state index is -0.482. The molecule has 1 heterocycles. The first-order valence-electron chi connectivity index (χ1n) is 9.22. The van der Waals surface area contributed by atoms with Crippen molar-refractivity contribution in [3.63, 3.8) is 0 Å². The molecule has 0 unspecified atom stereocenters. The maximum absolute atomic E-state index is 12.2. The molecule has 0 saturated carbocycles. The van der Waals surface area contributed by atoms with Crippen molar-refractivity contribution in [2.24, 2.45) is 0 Å². The summed E-state index contributed by atoms with van der Waals surface area (Å²) in [6, 6.07) is 19.8. The predicted octanol–water partition coefficient (Wildman–Crippen LogP) is 4.83. The summed E-state index contributed by atoms with van der Waals surface area (Å²) in [6.07, 6.45) is 5.60. The molecule has 0 radical (unpaired) electrons. The molecule has 1 aromatic heterocycles. The Morgan fingerprint density at radius 3 is 2.41 bits per heavy atom. The zero-order valence-electron chi connectivity index (χ0n) is 16.1. The van der Waals surface area contributed by atoms with Crippen molar-refractivity contribution < 1.29 is 19.1 Å². The summed E-state index contributed by atoms with van der Waals surface area (Å²) in [7, 11) is 1.51. The van der Waals surface area contributed by atoms with Gasteiger partial charge in [0, 0.05) is 18.2 Å². The maximum Gasteiger partial charge on any atom is 0.311 e. The molecule has 0 fully saturated rings. The van der Waals surface area contributed by atoms with Crippen LogP contribution in [0.1, 0.15) is 34.5 Å². The molecule has 146 valence electrons. The molecule has 0 saturated heterocycles. The van der Waals surface area contributed by atoms with Gasteiger partial charge in [-0.15, -0.1) is 0 Å². The van der Waals surface area contributed by atoms with Crippen LogP contribution in [-0.2, 0) is 4.79 Å². The van der Waals surface area contributed by atoms with Crippen LogP contribution in [0, 0.1) is 0 Å². The van der Waals surface area contributed by atoms with E-state index in [-0.39, 0.29) is 18.6 Å². The fourth-order valence-corrected chi connectivity index (χ4v) is 2.69. The van der Waals surface area contributed by atoms with Gasteiger partial charge in [-0.3, -0.25) is 14.6 Å². The third-order valence-electron chi connectivity index (χ3n) is 4.20. The van der Waals surface area contributed by atoms with E-state index in [1.54, 1.807) is 42.6 Å². The van der Waals surface area contributed by atoms with E-state index in [4.69, 9.17) is 9.47 Å². The second-order valence-electron chi connectivity index (χ2n) is 6.26. The van der Waals surface area contributed by atoms with Gasteiger partial charge in [-0.1, -0.05) is 48.5 Å². The van der Waals surface area contributed by atoms with E-state index < -0.39 is 5.97 Å². The smallest absolute Gasteiger partial charge is 0.311 e. The summed E-state index contributed by atoms with van der Waals surface area (Å²) < 4.78 is 10.7. The van der Waals surface area contributed by atoms with Gasteiger partial charge in [0.1, 0.15) is 0 Å². The van der Waals surface area contributed by atoms with Crippen LogP contribution < -0.4 is 9.47 Å². The fraction of sp³-hybridized carbons (Fsp3) is 0.125. The number of hydrogen-bond donors (Lipinski definition) is 0. The van der Waals surface area contributed by atoms with Crippen LogP contribution in [0.15, 0.2) is 72.9 Å². The van der Waals surface area contributed by atoms with E-state index in [0.717, 1.165) is 11.3 Å². The molecule has 0 atom stereocenters. The number of benzene rings is 2. The van der Waals surface area contributed by atoms with Crippen LogP contribution in [0.25, 0.3) is 12.2 Å². The lowest BCUT2D eigenvalue weighted by Gasteiger charge is -2.10. The van der Waals surface area contributed by atoms with Gasteiger partial charge in [0.15, 0.2) is 17.3 Å². The van der Waals surface area contributed by atoms with Gasteiger partial charge in [-0.25, -0.2) is 0 Å². The van der Waals surface area contributed by atoms with Crippen molar-refractivity contribution in [2.75, 3.05) is 7.11 Å². The molecule has 3 aromatic rings.